The highest BCUT2D eigenvalue weighted by atomic mass is 79.9. The number of carbonyl (C=O) groups excluding carboxylic acids is 1. The van der Waals surface area contributed by atoms with Crippen molar-refractivity contribution in [1.82, 2.24) is 5.16 Å². The molecule has 4 nitrogen and oxygen atoms in total. The Labute approximate surface area is 127 Å². The SMILES string of the molecule is O=C(Nc1cccc(Br)c1)c1cc(-c2cccs2)on1. The van der Waals surface area contributed by atoms with Crippen molar-refractivity contribution in [1.29, 1.82) is 0 Å². The van der Waals surface area contributed by atoms with Crippen molar-refractivity contribution in [3.8, 4) is 10.6 Å². The number of carbonyl (C=O) groups is 1. The molecule has 1 N–H and O–H groups in total. The van der Waals surface area contributed by atoms with E-state index < -0.39 is 0 Å². The Morgan fingerprint density at radius 2 is 2.15 bits per heavy atom. The highest BCUT2D eigenvalue weighted by molar-refractivity contribution is 9.10. The fourth-order valence-electron chi connectivity index (χ4n) is 1.68. The van der Waals surface area contributed by atoms with Gasteiger partial charge in [-0.1, -0.05) is 33.2 Å². The summed E-state index contributed by atoms with van der Waals surface area (Å²) in [7, 11) is 0. The standard InChI is InChI=1S/C14H9BrN2O2S/c15-9-3-1-4-10(7-9)16-14(18)11-8-12(19-17-11)13-5-2-6-20-13/h1-8H,(H,16,18). The molecular formula is C14H9BrN2O2S. The lowest BCUT2D eigenvalue weighted by Gasteiger charge is -2.02. The maximum absolute atomic E-state index is 12.1. The van der Waals surface area contributed by atoms with E-state index in [0.717, 1.165) is 9.35 Å². The molecule has 0 aliphatic heterocycles. The molecule has 3 aromatic rings. The van der Waals surface area contributed by atoms with Crippen LogP contribution in [0.3, 0.4) is 0 Å². The average Bonchev–Trinajstić information content (AvgIpc) is 3.10. The van der Waals surface area contributed by atoms with Crippen LogP contribution in [0.5, 0.6) is 0 Å². The normalized spacial score (nSPS) is 10.4. The van der Waals surface area contributed by atoms with Crippen LogP contribution in [-0.4, -0.2) is 11.1 Å². The van der Waals surface area contributed by atoms with Gasteiger partial charge in [-0.25, -0.2) is 0 Å². The summed E-state index contributed by atoms with van der Waals surface area (Å²) < 4.78 is 6.08. The minimum atomic E-state index is -0.297. The summed E-state index contributed by atoms with van der Waals surface area (Å²) >= 11 is 4.89. The van der Waals surface area contributed by atoms with Crippen LogP contribution in [0, 0.1) is 0 Å². The largest absolute Gasteiger partial charge is 0.355 e. The van der Waals surface area contributed by atoms with Crippen molar-refractivity contribution in [3.63, 3.8) is 0 Å². The van der Waals surface area contributed by atoms with E-state index in [1.165, 1.54) is 11.3 Å². The van der Waals surface area contributed by atoms with Gasteiger partial charge in [0, 0.05) is 16.2 Å². The topological polar surface area (TPSA) is 55.1 Å². The molecule has 2 heterocycles. The molecule has 1 aromatic carbocycles. The predicted octanol–water partition coefficient (Wildman–Crippen LogP) is 4.42. The van der Waals surface area contributed by atoms with Crippen LogP contribution in [0.4, 0.5) is 5.69 Å². The van der Waals surface area contributed by atoms with E-state index in [4.69, 9.17) is 4.52 Å². The zero-order chi connectivity index (χ0) is 13.9. The van der Waals surface area contributed by atoms with Crippen LogP contribution in [0.15, 0.2) is 56.8 Å². The van der Waals surface area contributed by atoms with Gasteiger partial charge < -0.3 is 9.84 Å². The molecule has 0 bridgehead atoms. The van der Waals surface area contributed by atoms with Crippen LogP contribution in [0.25, 0.3) is 10.6 Å². The number of nitrogens with one attached hydrogen (secondary N) is 1. The molecule has 20 heavy (non-hydrogen) atoms. The molecule has 0 unspecified atom stereocenters. The summed E-state index contributed by atoms with van der Waals surface area (Å²) in [5.41, 5.74) is 0.957. The molecule has 100 valence electrons. The quantitative estimate of drug-likeness (QED) is 0.762. The highest BCUT2D eigenvalue weighted by Gasteiger charge is 2.14. The van der Waals surface area contributed by atoms with Gasteiger partial charge in [0.25, 0.3) is 5.91 Å². The Hall–Kier alpha value is -1.92. The van der Waals surface area contributed by atoms with Gasteiger partial charge in [-0.2, -0.15) is 0 Å². The first-order valence-electron chi connectivity index (χ1n) is 5.80. The second kappa shape index (κ2) is 5.60. The van der Waals surface area contributed by atoms with Crippen LogP contribution >= 0.6 is 27.3 Å². The fraction of sp³-hybridized carbons (Fsp3) is 0. The lowest BCUT2D eigenvalue weighted by atomic mass is 10.3. The average molecular weight is 349 g/mol. The lowest BCUT2D eigenvalue weighted by molar-refractivity contribution is 0.101. The Balaban J connectivity index is 1.78. The van der Waals surface area contributed by atoms with Gasteiger partial charge in [-0.05, 0) is 29.6 Å². The van der Waals surface area contributed by atoms with Crippen molar-refractivity contribution in [3.05, 3.63) is 58.0 Å². The van der Waals surface area contributed by atoms with Gasteiger partial charge in [-0.3, -0.25) is 4.79 Å². The number of hydrogen-bond donors (Lipinski definition) is 1. The van der Waals surface area contributed by atoms with Crippen molar-refractivity contribution in [2.24, 2.45) is 0 Å². The molecule has 0 aliphatic carbocycles. The van der Waals surface area contributed by atoms with Gasteiger partial charge in [0.2, 0.25) is 0 Å². The summed E-state index contributed by atoms with van der Waals surface area (Å²) in [5.74, 6) is 0.300. The lowest BCUT2D eigenvalue weighted by Crippen LogP contribution is -2.11. The maximum atomic E-state index is 12.1. The number of halogens is 1. The van der Waals surface area contributed by atoms with E-state index in [-0.39, 0.29) is 11.6 Å². The first kappa shape index (κ1) is 13.1. The molecule has 0 atom stereocenters. The van der Waals surface area contributed by atoms with E-state index in [9.17, 15) is 4.79 Å². The van der Waals surface area contributed by atoms with Crippen LogP contribution in [-0.2, 0) is 0 Å². The van der Waals surface area contributed by atoms with Gasteiger partial charge in [0.1, 0.15) is 0 Å². The molecule has 0 aliphatic rings. The number of aromatic nitrogens is 1. The van der Waals surface area contributed by atoms with E-state index >= 15 is 0 Å². The zero-order valence-corrected chi connectivity index (χ0v) is 12.6. The summed E-state index contributed by atoms with van der Waals surface area (Å²) in [6, 6.07) is 12.8. The van der Waals surface area contributed by atoms with Gasteiger partial charge in [0.15, 0.2) is 11.5 Å². The molecular weight excluding hydrogens is 340 g/mol. The molecule has 2 aromatic heterocycles. The smallest absolute Gasteiger partial charge is 0.277 e. The number of benzene rings is 1. The van der Waals surface area contributed by atoms with E-state index in [1.807, 2.05) is 41.8 Å². The van der Waals surface area contributed by atoms with Gasteiger partial charge in [0.05, 0.1) is 4.88 Å². The number of rotatable bonds is 3. The Morgan fingerprint density at radius 3 is 2.90 bits per heavy atom. The Morgan fingerprint density at radius 1 is 1.25 bits per heavy atom. The van der Waals surface area contributed by atoms with Crippen molar-refractivity contribution < 1.29 is 9.32 Å². The molecule has 0 saturated carbocycles. The Bertz CT molecular complexity index is 737. The Kier molecular flexibility index (Phi) is 3.66. The first-order chi connectivity index (χ1) is 9.72. The highest BCUT2D eigenvalue weighted by Crippen LogP contribution is 2.25. The second-order valence-electron chi connectivity index (χ2n) is 4.02. The number of anilines is 1. The number of amides is 1. The second-order valence-corrected chi connectivity index (χ2v) is 5.88. The molecule has 1 amide bonds. The third-order valence-corrected chi connectivity index (χ3v) is 3.97. The van der Waals surface area contributed by atoms with Crippen LogP contribution in [0.2, 0.25) is 0 Å². The number of thiophene rings is 1. The molecule has 0 spiro atoms. The summed E-state index contributed by atoms with van der Waals surface area (Å²) in [4.78, 5) is 13.0. The van der Waals surface area contributed by atoms with Gasteiger partial charge >= 0.3 is 0 Å². The minimum Gasteiger partial charge on any atom is -0.355 e. The first-order valence-corrected chi connectivity index (χ1v) is 7.47. The monoisotopic (exact) mass is 348 g/mol. The molecule has 6 heteroatoms. The van der Waals surface area contributed by atoms with Crippen LogP contribution < -0.4 is 5.32 Å². The predicted molar refractivity (Wildman–Crippen MR) is 81.9 cm³/mol. The minimum absolute atomic E-state index is 0.258. The summed E-state index contributed by atoms with van der Waals surface area (Å²) in [5, 5.41) is 8.51. The number of hydrogen-bond acceptors (Lipinski definition) is 4. The van der Waals surface area contributed by atoms with E-state index in [1.54, 1.807) is 6.07 Å². The third-order valence-electron chi connectivity index (χ3n) is 2.59. The summed E-state index contributed by atoms with van der Waals surface area (Å²) in [6.07, 6.45) is 0. The molecule has 0 fully saturated rings. The molecule has 3 rings (SSSR count). The van der Waals surface area contributed by atoms with Gasteiger partial charge in [-0.15, -0.1) is 11.3 Å². The zero-order valence-electron chi connectivity index (χ0n) is 10.2. The summed E-state index contributed by atoms with van der Waals surface area (Å²) in [6.45, 7) is 0. The van der Waals surface area contributed by atoms with E-state index in [2.05, 4.69) is 26.4 Å². The molecule has 0 radical (unpaired) electrons. The van der Waals surface area contributed by atoms with E-state index in [0.29, 0.717) is 11.4 Å². The fourth-order valence-corrected chi connectivity index (χ4v) is 2.75. The van der Waals surface area contributed by atoms with Crippen molar-refractivity contribution >= 4 is 38.9 Å². The molecule has 0 saturated heterocycles. The maximum Gasteiger partial charge on any atom is 0.277 e. The number of nitrogens with zero attached hydrogens (tertiary/aromatic N) is 1. The van der Waals surface area contributed by atoms with Crippen molar-refractivity contribution in [2.45, 2.75) is 0 Å². The third kappa shape index (κ3) is 2.81. The van der Waals surface area contributed by atoms with Crippen molar-refractivity contribution in [2.75, 3.05) is 5.32 Å². The van der Waals surface area contributed by atoms with Crippen LogP contribution in [0.1, 0.15) is 10.5 Å².